The lowest BCUT2D eigenvalue weighted by molar-refractivity contribution is -0.127. The van der Waals surface area contributed by atoms with Crippen LogP contribution in [0.2, 0.25) is 0 Å². The van der Waals surface area contributed by atoms with E-state index in [2.05, 4.69) is 10.6 Å². The summed E-state index contributed by atoms with van der Waals surface area (Å²) in [6, 6.07) is 16.2. The molecule has 0 aliphatic carbocycles. The maximum absolute atomic E-state index is 14.3. The summed E-state index contributed by atoms with van der Waals surface area (Å²) in [4.78, 5) is 12.6. The first-order chi connectivity index (χ1) is 11.6. The van der Waals surface area contributed by atoms with Crippen LogP contribution in [0.4, 0.5) is 4.39 Å². The molecule has 2 aromatic rings. The topological polar surface area (TPSA) is 41.1 Å². The van der Waals surface area contributed by atoms with Crippen molar-refractivity contribution in [2.24, 2.45) is 11.8 Å². The standard InChI is InChI=1S/C20H23FN2O/c1-14(16-12-22-13-16)20(24)23-19(11-15-7-3-2-4-8-15)17-9-5-6-10-18(17)21/h2-10,14,16,19,22H,11-13H2,1H3,(H,23,24). The van der Waals surface area contributed by atoms with Crippen molar-refractivity contribution >= 4 is 5.91 Å². The zero-order valence-electron chi connectivity index (χ0n) is 13.8. The van der Waals surface area contributed by atoms with Crippen LogP contribution in [0.1, 0.15) is 24.1 Å². The van der Waals surface area contributed by atoms with E-state index in [4.69, 9.17) is 0 Å². The van der Waals surface area contributed by atoms with Crippen molar-refractivity contribution in [3.63, 3.8) is 0 Å². The van der Waals surface area contributed by atoms with E-state index in [0.29, 0.717) is 17.9 Å². The zero-order chi connectivity index (χ0) is 16.9. The Labute approximate surface area is 142 Å². The first kappa shape index (κ1) is 16.7. The Hall–Kier alpha value is -2.20. The molecule has 0 aromatic heterocycles. The van der Waals surface area contributed by atoms with Gasteiger partial charge in [0.2, 0.25) is 5.91 Å². The number of carbonyl (C=O) groups is 1. The van der Waals surface area contributed by atoms with Gasteiger partial charge in [-0.05, 0) is 37.1 Å². The van der Waals surface area contributed by atoms with Gasteiger partial charge in [0, 0.05) is 11.5 Å². The summed E-state index contributed by atoms with van der Waals surface area (Å²) in [5, 5.41) is 6.26. The van der Waals surface area contributed by atoms with Crippen molar-refractivity contribution in [1.82, 2.24) is 10.6 Å². The molecule has 2 atom stereocenters. The largest absolute Gasteiger partial charge is 0.349 e. The molecular weight excluding hydrogens is 303 g/mol. The monoisotopic (exact) mass is 326 g/mol. The van der Waals surface area contributed by atoms with Crippen molar-refractivity contribution in [3.8, 4) is 0 Å². The summed E-state index contributed by atoms with van der Waals surface area (Å²) >= 11 is 0. The van der Waals surface area contributed by atoms with E-state index in [-0.39, 0.29) is 23.7 Å². The first-order valence-corrected chi connectivity index (χ1v) is 8.44. The SMILES string of the molecule is CC(C(=O)NC(Cc1ccccc1)c1ccccc1F)C1CNC1. The minimum absolute atomic E-state index is 0.00863. The molecule has 1 saturated heterocycles. The fourth-order valence-corrected chi connectivity index (χ4v) is 3.03. The molecule has 2 aromatic carbocycles. The predicted molar refractivity (Wildman–Crippen MR) is 93.0 cm³/mol. The third-order valence-corrected chi connectivity index (χ3v) is 4.81. The highest BCUT2D eigenvalue weighted by molar-refractivity contribution is 5.79. The van der Waals surface area contributed by atoms with Crippen molar-refractivity contribution in [2.45, 2.75) is 19.4 Å². The Morgan fingerprint density at radius 1 is 1.17 bits per heavy atom. The normalized spacial score (nSPS) is 16.9. The highest BCUT2D eigenvalue weighted by atomic mass is 19.1. The lowest BCUT2D eigenvalue weighted by Crippen LogP contribution is -2.50. The Morgan fingerprint density at radius 2 is 1.83 bits per heavy atom. The molecule has 0 spiro atoms. The van der Waals surface area contributed by atoms with Gasteiger partial charge < -0.3 is 10.6 Å². The van der Waals surface area contributed by atoms with Crippen LogP contribution in [-0.4, -0.2) is 19.0 Å². The molecule has 0 bridgehead atoms. The van der Waals surface area contributed by atoms with E-state index in [1.165, 1.54) is 6.07 Å². The Morgan fingerprint density at radius 3 is 2.46 bits per heavy atom. The van der Waals surface area contributed by atoms with E-state index in [9.17, 15) is 9.18 Å². The van der Waals surface area contributed by atoms with Crippen LogP contribution in [0.25, 0.3) is 0 Å². The molecule has 1 aliphatic heterocycles. The smallest absolute Gasteiger partial charge is 0.223 e. The van der Waals surface area contributed by atoms with E-state index in [0.717, 1.165) is 18.7 Å². The average Bonchev–Trinajstić information content (AvgIpc) is 2.54. The van der Waals surface area contributed by atoms with Crippen LogP contribution < -0.4 is 10.6 Å². The summed E-state index contributed by atoms with van der Waals surface area (Å²) in [5.74, 6) is 0.00155. The molecule has 1 aliphatic rings. The van der Waals surface area contributed by atoms with Crippen LogP contribution >= 0.6 is 0 Å². The zero-order valence-corrected chi connectivity index (χ0v) is 13.8. The second-order valence-electron chi connectivity index (χ2n) is 6.48. The molecule has 0 saturated carbocycles. The molecule has 1 fully saturated rings. The van der Waals surface area contributed by atoms with Crippen LogP contribution in [0, 0.1) is 17.7 Å². The maximum atomic E-state index is 14.3. The highest BCUT2D eigenvalue weighted by Crippen LogP contribution is 2.23. The second-order valence-corrected chi connectivity index (χ2v) is 6.48. The molecule has 2 N–H and O–H groups in total. The van der Waals surface area contributed by atoms with Gasteiger partial charge in [-0.2, -0.15) is 0 Å². The van der Waals surface area contributed by atoms with Crippen molar-refractivity contribution in [1.29, 1.82) is 0 Å². The highest BCUT2D eigenvalue weighted by Gasteiger charge is 2.30. The second kappa shape index (κ2) is 7.58. The molecule has 3 nitrogen and oxygen atoms in total. The summed E-state index contributed by atoms with van der Waals surface area (Å²) in [6.07, 6.45) is 0.573. The number of halogens is 1. The Bertz CT molecular complexity index is 685. The number of nitrogens with one attached hydrogen (secondary N) is 2. The van der Waals surface area contributed by atoms with Gasteiger partial charge in [-0.1, -0.05) is 55.5 Å². The molecule has 0 radical (unpaired) electrons. The predicted octanol–water partition coefficient (Wildman–Crippen LogP) is 3.08. The third-order valence-electron chi connectivity index (χ3n) is 4.81. The summed E-state index contributed by atoms with van der Waals surface area (Å²) in [7, 11) is 0. The first-order valence-electron chi connectivity index (χ1n) is 8.44. The summed E-state index contributed by atoms with van der Waals surface area (Å²) in [6.45, 7) is 3.69. The lowest BCUT2D eigenvalue weighted by atomic mass is 9.87. The molecule has 24 heavy (non-hydrogen) atoms. The van der Waals surface area contributed by atoms with Crippen molar-refractivity contribution in [2.75, 3.05) is 13.1 Å². The number of hydrogen-bond donors (Lipinski definition) is 2. The molecule has 2 unspecified atom stereocenters. The van der Waals surface area contributed by atoms with Crippen LogP contribution in [0.5, 0.6) is 0 Å². The lowest BCUT2D eigenvalue weighted by Gasteiger charge is -2.33. The fraction of sp³-hybridized carbons (Fsp3) is 0.350. The van der Waals surface area contributed by atoms with E-state index >= 15 is 0 Å². The number of hydrogen-bond acceptors (Lipinski definition) is 2. The molecule has 1 heterocycles. The van der Waals surface area contributed by atoms with Crippen LogP contribution in [-0.2, 0) is 11.2 Å². The van der Waals surface area contributed by atoms with Gasteiger partial charge in [-0.25, -0.2) is 4.39 Å². The van der Waals surface area contributed by atoms with Crippen molar-refractivity contribution < 1.29 is 9.18 Å². The molecular formula is C20H23FN2O. The Kier molecular flexibility index (Phi) is 5.26. The average molecular weight is 326 g/mol. The van der Waals surface area contributed by atoms with Crippen molar-refractivity contribution in [3.05, 3.63) is 71.5 Å². The van der Waals surface area contributed by atoms with Gasteiger partial charge in [0.05, 0.1) is 6.04 Å². The summed E-state index contributed by atoms with van der Waals surface area (Å²) < 4.78 is 14.3. The number of rotatable bonds is 6. The van der Waals surface area contributed by atoms with Crippen LogP contribution in [0.15, 0.2) is 54.6 Å². The third kappa shape index (κ3) is 3.82. The van der Waals surface area contributed by atoms with Crippen LogP contribution in [0.3, 0.4) is 0 Å². The summed E-state index contributed by atoms with van der Waals surface area (Å²) in [5.41, 5.74) is 1.61. The van der Waals surface area contributed by atoms with Gasteiger partial charge >= 0.3 is 0 Å². The van der Waals surface area contributed by atoms with E-state index in [1.54, 1.807) is 12.1 Å². The number of carbonyl (C=O) groups excluding carboxylic acids is 1. The van der Waals surface area contributed by atoms with Gasteiger partial charge in [0.15, 0.2) is 0 Å². The number of amides is 1. The van der Waals surface area contributed by atoms with Gasteiger partial charge in [-0.3, -0.25) is 4.79 Å². The fourth-order valence-electron chi connectivity index (χ4n) is 3.03. The van der Waals surface area contributed by atoms with Gasteiger partial charge in [-0.15, -0.1) is 0 Å². The molecule has 126 valence electrons. The minimum Gasteiger partial charge on any atom is -0.349 e. The minimum atomic E-state index is -0.364. The molecule has 4 heteroatoms. The molecule has 1 amide bonds. The van der Waals surface area contributed by atoms with E-state index < -0.39 is 0 Å². The van der Waals surface area contributed by atoms with E-state index in [1.807, 2.05) is 43.3 Å². The van der Waals surface area contributed by atoms with Gasteiger partial charge in [0.1, 0.15) is 5.82 Å². The Balaban J connectivity index is 1.79. The molecule has 3 rings (SSSR count). The maximum Gasteiger partial charge on any atom is 0.223 e. The number of benzene rings is 2. The van der Waals surface area contributed by atoms with Gasteiger partial charge in [0.25, 0.3) is 0 Å². The quantitative estimate of drug-likeness (QED) is 0.856.